The molecule has 1 aromatic carbocycles. The SMILES string of the molecule is Cc1ccc(C(=O)NCC2(CO)CC2)cc1[N+](=O)[O-]. The molecule has 0 aliphatic heterocycles. The highest BCUT2D eigenvalue weighted by molar-refractivity contribution is 5.95. The Morgan fingerprint density at radius 2 is 2.21 bits per heavy atom. The van der Waals surface area contributed by atoms with Gasteiger partial charge in [0.15, 0.2) is 0 Å². The Morgan fingerprint density at radius 1 is 1.53 bits per heavy atom. The summed E-state index contributed by atoms with van der Waals surface area (Å²) in [6.07, 6.45) is 1.80. The molecule has 6 heteroatoms. The van der Waals surface area contributed by atoms with Crippen molar-refractivity contribution in [1.82, 2.24) is 5.32 Å². The number of nitrogens with zero attached hydrogens (tertiary/aromatic N) is 1. The monoisotopic (exact) mass is 264 g/mol. The maximum absolute atomic E-state index is 11.9. The van der Waals surface area contributed by atoms with Gasteiger partial charge in [-0.1, -0.05) is 6.07 Å². The third-order valence-corrected chi connectivity index (χ3v) is 3.58. The standard InChI is InChI=1S/C13H16N2O4/c1-9-2-3-10(6-11(9)15(18)19)12(17)14-7-13(8-16)4-5-13/h2-3,6,16H,4-5,7-8H2,1H3,(H,14,17). The smallest absolute Gasteiger partial charge is 0.273 e. The number of nitro benzene ring substituents is 1. The van der Waals surface area contributed by atoms with Crippen LogP contribution in [0.15, 0.2) is 18.2 Å². The zero-order valence-corrected chi connectivity index (χ0v) is 10.7. The maximum Gasteiger partial charge on any atom is 0.273 e. The van der Waals surface area contributed by atoms with Crippen LogP contribution in [-0.4, -0.2) is 29.1 Å². The number of hydrogen-bond acceptors (Lipinski definition) is 4. The predicted molar refractivity (Wildman–Crippen MR) is 68.9 cm³/mol. The number of aliphatic hydroxyl groups is 1. The van der Waals surface area contributed by atoms with Crippen LogP contribution in [0.5, 0.6) is 0 Å². The van der Waals surface area contributed by atoms with Crippen molar-refractivity contribution in [1.29, 1.82) is 0 Å². The Balaban J connectivity index is 2.07. The number of carbonyl (C=O) groups is 1. The summed E-state index contributed by atoms with van der Waals surface area (Å²) in [6, 6.07) is 4.41. The lowest BCUT2D eigenvalue weighted by Crippen LogP contribution is -2.31. The topological polar surface area (TPSA) is 92.5 Å². The van der Waals surface area contributed by atoms with Crippen molar-refractivity contribution in [3.63, 3.8) is 0 Å². The fraction of sp³-hybridized carbons (Fsp3) is 0.462. The van der Waals surface area contributed by atoms with Crippen LogP contribution in [0.3, 0.4) is 0 Å². The summed E-state index contributed by atoms with van der Waals surface area (Å²) in [6.45, 7) is 2.09. The molecule has 0 unspecified atom stereocenters. The van der Waals surface area contributed by atoms with Gasteiger partial charge in [-0.15, -0.1) is 0 Å². The van der Waals surface area contributed by atoms with E-state index in [1.165, 1.54) is 6.07 Å². The number of nitrogens with one attached hydrogen (secondary N) is 1. The molecule has 0 spiro atoms. The van der Waals surface area contributed by atoms with Crippen LogP contribution in [0.4, 0.5) is 5.69 Å². The van der Waals surface area contributed by atoms with Gasteiger partial charge in [-0.2, -0.15) is 0 Å². The molecule has 0 saturated heterocycles. The van der Waals surface area contributed by atoms with E-state index in [0.717, 1.165) is 12.8 Å². The molecule has 102 valence electrons. The third-order valence-electron chi connectivity index (χ3n) is 3.58. The van der Waals surface area contributed by atoms with Crippen molar-refractivity contribution >= 4 is 11.6 Å². The van der Waals surface area contributed by atoms with Crippen LogP contribution in [0.1, 0.15) is 28.8 Å². The van der Waals surface area contributed by atoms with Gasteiger partial charge in [-0.25, -0.2) is 0 Å². The minimum Gasteiger partial charge on any atom is -0.396 e. The number of rotatable bonds is 5. The number of amides is 1. The summed E-state index contributed by atoms with van der Waals surface area (Å²) in [7, 11) is 0. The fourth-order valence-corrected chi connectivity index (χ4v) is 1.88. The Morgan fingerprint density at radius 3 is 2.74 bits per heavy atom. The lowest BCUT2D eigenvalue weighted by atomic mass is 10.1. The molecule has 0 atom stereocenters. The second kappa shape index (κ2) is 4.97. The first-order valence-electron chi connectivity index (χ1n) is 6.11. The first-order valence-corrected chi connectivity index (χ1v) is 6.11. The second-order valence-electron chi connectivity index (χ2n) is 5.10. The Bertz CT molecular complexity index is 523. The summed E-state index contributed by atoms with van der Waals surface area (Å²) < 4.78 is 0. The van der Waals surface area contributed by atoms with Gasteiger partial charge >= 0.3 is 0 Å². The fourth-order valence-electron chi connectivity index (χ4n) is 1.88. The molecular formula is C13H16N2O4. The van der Waals surface area contributed by atoms with Crippen LogP contribution >= 0.6 is 0 Å². The van der Waals surface area contributed by atoms with Gasteiger partial charge in [0.2, 0.25) is 0 Å². The number of aliphatic hydroxyl groups excluding tert-OH is 1. The van der Waals surface area contributed by atoms with E-state index in [1.54, 1.807) is 19.1 Å². The van der Waals surface area contributed by atoms with Crippen LogP contribution < -0.4 is 5.32 Å². The zero-order chi connectivity index (χ0) is 14.0. The van der Waals surface area contributed by atoms with E-state index in [0.29, 0.717) is 12.1 Å². The second-order valence-corrected chi connectivity index (χ2v) is 5.10. The van der Waals surface area contributed by atoms with Crippen molar-refractivity contribution in [2.75, 3.05) is 13.2 Å². The van der Waals surface area contributed by atoms with E-state index >= 15 is 0 Å². The van der Waals surface area contributed by atoms with Gasteiger partial charge in [0.1, 0.15) is 0 Å². The molecule has 0 aromatic heterocycles. The zero-order valence-electron chi connectivity index (χ0n) is 10.7. The summed E-state index contributed by atoms with van der Waals surface area (Å²) >= 11 is 0. The Hall–Kier alpha value is -1.95. The van der Waals surface area contributed by atoms with Crippen molar-refractivity contribution in [2.24, 2.45) is 5.41 Å². The predicted octanol–water partition coefficient (Wildman–Crippen LogP) is 1.41. The lowest BCUT2D eigenvalue weighted by molar-refractivity contribution is -0.385. The van der Waals surface area contributed by atoms with Crippen molar-refractivity contribution in [3.8, 4) is 0 Å². The molecule has 1 aliphatic carbocycles. The van der Waals surface area contributed by atoms with Gasteiger partial charge < -0.3 is 10.4 Å². The number of nitro groups is 1. The molecule has 1 aliphatic rings. The molecule has 2 rings (SSSR count). The van der Waals surface area contributed by atoms with Gasteiger partial charge in [-0.05, 0) is 25.8 Å². The number of benzene rings is 1. The average molecular weight is 264 g/mol. The minimum atomic E-state index is -0.498. The van der Waals surface area contributed by atoms with Crippen LogP contribution in [0, 0.1) is 22.5 Å². The van der Waals surface area contributed by atoms with Crippen LogP contribution in [-0.2, 0) is 0 Å². The molecule has 0 radical (unpaired) electrons. The normalized spacial score (nSPS) is 15.9. The minimum absolute atomic E-state index is 0.0569. The molecule has 1 fully saturated rings. The van der Waals surface area contributed by atoms with Crippen molar-refractivity contribution in [3.05, 3.63) is 39.4 Å². The first-order chi connectivity index (χ1) is 8.97. The summed E-state index contributed by atoms with van der Waals surface area (Å²) in [4.78, 5) is 22.2. The molecule has 6 nitrogen and oxygen atoms in total. The largest absolute Gasteiger partial charge is 0.396 e. The number of aryl methyl sites for hydroxylation is 1. The van der Waals surface area contributed by atoms with Gasteiger partial charge in [0, 0.05) is 29.2 Å². The van der Waals surface area contributed by atoms with Crippen molar-refractivity contribution < 1.29 is 14.8 Å². The summed E-state index contributed by atoms with van der Waals surface area (Å²) in [5.41, 5.74) is 0.560. The van der Waals surface area contributed by atoms with E-state index in [-0.39, 0.29) is 29.2 Å². The van der Waals surface area contributed by atoms with Gasteiger partial charge in [0.25, 0.3) is 11.6 Å². The van der Waals surface area contributed by atoms with Crippen LogP contribution in [0.25, 0.3) is 0 Å². The molecule has 0 heterocycles. The summed E-state index contributed by atoms with van der Waals surface area (Å²) in [5, 5.41) is 22.7. The molecular weight excluding hydrogens is 248 g/mol. The van der Waals surface area contributed by atoms with E-state index in [4.69, 9.17) is 5.11 Å². The van der Waals surface area contributed by atoms with E-state index < -0.39 is 4.92 Å². The van der Waals surface area contributed by atoms with Crippen LogP contribution in [0.2, 0.25) is 0 Å². The molecule has 1 saturated carbocycles. The molecule has 19 heavy (non-hydrogen) atoms. The molecule has 1 aromatic rings. The summed E-state index contributed by atoms with van der Waals surface area (Å²) in [5.74, 6) is -0.345. The highest BCUT2D eigenvalue weighted by Gasteiger charge is 2.42. The Labute approximate surface area is 110 Å². The Kier molecular flexibility index (Phi) is 3.53. The maximum atomic E-state index is 11.9. The highest BCUT2D eigenvalue weighted by Crippen LogP contribution is 2.44. The van der Waals surface area contributed by atoms with Crippen molar-refractivity contribution in [2.45, 2.75) is 19.8 Å². The molecule has 0 bridgehead atoms. The lowest BCUT2D eigenvalue weighted by Gasteiger charge is -2.12. The van der Waals surface area contributed by atoms with E-state index in [9.17, 15) is 14.9 Å². The van der Waals surface area contributed by atoms with E-state index in [2.05, 4.69) is 5.32 Å². The number of hydrogen-bond donors (Lipinski definition) is 2. The quantitative estimate of drug-likeness (QED) is 0.621. The molecule has 2 N–H and O–H groups in total. The highest BCUT2D eigenvalue weighted by atomic mass is 16.6. The first kappa shape index (κ1) is 13.5. The van der Waals surface area contributed by atoms with Gasteiger partial charge in [-0.3, -0.25) is 14.9 Å². The van der Waals surface area contributed by atoms with Gasteiger partial charge in [0.05, 0.1) is 11.5 Å². The average Bonchev–Trinajstić information content (AvgIpc) is 3.17. The molecule has 1 amide bonds. The number of carbonyl (C=O) groups excluding carboxylic acids is 1. The van der Waals surface area contributed by atoms with E-state index in [1.807, 2.05) is 0 Å². The third kappa shape index (κ3) is 2.90.